The van der Waals surface area contributed by atoms with Gasteiger partial charge in [-0.15, -0.1) is 0 Å². The highest BCUT2D eigenvalue weighted by Gasteiger charge is 2.24. The van der Waals surface area contributed by atoms with Gasteiger partial charge in [-0.2, -0.15) is 0 Å². The molecule has 0 spiro atoms. The molecule has 7 heteroatoms. The van der Waals surface area contributed by atoms with Crippen molar-refractivity contribution in [2.24, 2.45) is 0 Å². The minimum absolute atomic E-state index is 0.0722. The number of para-hydroxylation sites is 1. The Balaban J connectivity index is 1.44. The molecule has 2 aliphatic heterocycles. The number of benzene rings is 1. The van der Waals surface area contributed by atoms with Gasteiger partial charge in [-0.3, -0.25) is 14.6 Å². The molecule has 0 bridgehead atoms. The topological polar surface area (TPSA) is 38.8 Å². The molecule has 0 aromatic heterocycles. The molecule has 0 radical (unpaired) electrons. The van der Waals surface area contributed by atoms with Crippen molar-refractivity contribution in [3.05, 3.63) is 29.3 Å². The van der Waals surface area contributed by atoms with Gasteiger partial charge in [0.05, 0.1) is 13.2 Å². The zero-order valence-electron chi connectivity index (χ0n) is 15.0. The molecule has 2 fully saturated rings. The van der Waals surface area contributed by atoms with Crippen LogP contribution in [-0.4, -0.2) is 76.6 Å². The summed E-state index contributed by atoms with van der Waals surface area (Å²) in [4.78, 5) is 19.3. The van der Waals surface area contributed by atoms with Crippen LogP contribution >= 0.6 is 24.0 Å². The number of thiocarbonyl (C=S) groups is 1. The van der Waals surface area contributed by atoms with Crippen molar-refractivity contribution in [3.63, 3.8) is 0 Å². The average Bonchev–Trinajstić information content (AvgIpc) is 2.98. The predicted molar refractivity (Wildman–Crippen MR) is 109 cm³/mol. The number of anilines is 1. The number of thioether (sulfide) groups is 1. The van der Waals surface area contributed by atoms with E-state index in [1.165, 1.54) is 0 Å². The number of carbonyl (C=O) groups excluding carboxylic acids is 1. The Bertz CT molecular complexity index is 624. The number of piperazine rings is 1. The van der Waals surface area contributed by atoms with Gasteiger partial charge in [0.15, 0.2) is 0 Å². The number of aryl methyl sites for hydroxylation is 2. The third kappa shape index (κ3) is 4.94. The van der Waals surface area contributed by atoms with Crippen LogP contribution in [0, 0.1) is 13.8 Å². The van der Waals surface area contributed by atoms with E-state index in [0.717, 1.165) is 66.3 Å². The van der Waals surface area contributed by atoms with Crippen LogP contribution in [0.25, 0.3) is 0 Å². The summed E-state index contributed by atoms with van der Waals surface area (Å²) in [5.74, 6) is 1.18. The van der Waals surface area contributed by atoms with Crippen LogP contribution < -0.4 is 5.32 Å². The molecule has 136 valence electrons. The summed E-state index contributed by atoms with van der Waals surface area (Å²) in [6.45, 7) is 10.3. The van der Waals surface area contributed by atoms with Crippen molar-refractivity contribution in [1.82, 2.24) is 14.7 Å². The highest BCUT2D eigenvalue weighted by atomic mass is 32.2. The first-order valence-corrected chi connectivity index (χ1v) is 10.1. The van der Waals surface area contributed by atoms with Crippen LogP contribution in [0.1, 0.15) is 11.1 Å². The third-order valence-corrected chi connectivity index (χ3v) is 6.30. The molecule has 0 unspecified atom stereocenters. The molecule has 2 saturated heterocycles. The summed E-state index contributed by atoms with van der Waals surface area (Å²) in [6, 6.07) is 6.08. The maximum atomic E-state index is 12.4. The zero-order valence-corrected chi connectivity index (χ0v) is 16.6. The lowest BCUT2D eigenvalue weighted by molar-refractivity contribution is -0.117. The van der Waals surface area contributed by atoms with Crippen molar-refractivity contribution in [3.8, 4) is 0 Å². The normalized spacial score (nSPS) is 19.4. The number of nitrogens with zero attached hydrogens (tertiary/aromatic N) is 3. The highest BCUT2D eigenvalue weighted by molar-refractivity contribution is 8.23. The quantitative estimate of drug-likeness (QED) is 0.792. The van der Waals surface area contributed by atoms with Crippen LogP contribution in [0.5, 0.6) is 0 Å². The molecule has 2 aliphatic rings. The third-order valence-electron chi connectivity index (χ3n) is 4.79. The SMILES string of the molecule is Cc1cccc(C)c1NC(=O)CN1CCN(CN2CCSC2=S)CC1. The summed E-state index contributed by atoms with van der Waals surface area (Å²) in [7, 11) is 0. The van der Waals surface area contributed by atoms with E-state index in [1.807, 2.05) is 32.0 Å². The Hall–Kier alpha value is -1.15. The molecule has 0 aliphatic carbocycles. The Kier molecular flexibility index (Phi) is 6.33. The molecule has 1 amide bonds. The summed E-state index contributed by atoms with van der Waals surface area (Å²) in [5, 5.41) is 3.08. The number of amides is 1. The standard InChI is InChI=1S/C18H26N4OS2/c1-14-4-3-5-15(2)17(14)19-16(23)12-20-6-8-21(9-7-20)13-22-10-11-25-18(22)24/h3-5H,6-13H2,1-2H3,(H,19,23). The van der Waals surface area contributed by atoms with Crippen molar-refractivity contribution in [2.45, 2.75) is 13.8 Å². The molecule has 25 heavy (non-hydrogen) atoms. The summed E-state index contributed by atoms with van der Waals surface area (Å²) < 4.78 is 1.02. The first-order chi connectivity index (χ1) is 12.0. The van der Waals surface area contributed by atoms with Crippen molar-refractivity contribution in [1.29, 1.82) is 0 Å². The summed E-state index contributed by atoms with van der Waals surface area (Å²) >= 11 is 7.14. The molecular formula is C18H26N4OS2. The fourth-order valence-corrected chi connectivity index (χ4v) is 4.49. The van der Waals surface area contributed by atoms with Gasteiger partial charge in [0.1, 0.15) is 4.32 Å². The van der Waals surface area contributed by atoms with Crippen LogP contribution in [0.2, 0.25) is 0 Å². The van der Waals surface area contributed by atoms with Crippen molar-refractivity contribution >= 4 is 39.9 Å². The predicted octanol–water partition coefficient (Wildman–Crippen LogP) is 2.15. The van der Waals surface area contributed by atoms with Gasteiger partial charge in [0.25, 0.3) is 0 Å². The van der Waals surface area contributed by atoms with Gasteiger partial charge < -0.3 is 10.2 Å². The van der Waals surface area contributed by atoms with E-state index in [-0.39, 0.29) is 5.91 Å². The lowest BCUT2D eigenvalue weighted by Crippen LogP contribution is -2.51. The van der Waals surface area contributed by atoms with E-state index in [1.54, 1.807) is 11.8 Å². The van der Waals surface area contributed by atoms with Gasteiger partial charge in [0, 0.05) is 44.2 Å². The van der Waals surface area contributed by atoms with Crippen LogP contribution in [-0.2, 0) is 4.79 Å². The largest absolute Gasteiger partial charge is 0.344 e. The Morgan fingerprint density at radius 1 is 1.12 bits per heavy atom. The van der Waals surface area contributed by atoms with Crippen LogP contribution in [0.3, 0.4) is 0 Å². The molecule has 0 saturated carbocycles. The van der Waals surface area contributed by atoms with Crippen LogP contribution in [0.4, 0.5) is 5.69 Å². The van der Waals surface area contributed by atoms with Gasteiger partial charge in [0.2, 0.25) is 5.91 Å². The molecule has 1 aromatic carbocycles. The smallest absolute Gasteiger partial charge is 0.238 e. The Labute approximate surface area is 159 Å². The number of hydrogen-bond donors (Lipinski definition) is 1. The Morgan fingerprint density at radius 3 is 2.36 bits per heavy atom. The van der Waals surface area contributed by atoms with Gasteiger partial charge in [-0.05, 0) is 25.0 Å². The average molecular weight is 379 g/mol. The van der Waals surface area contributed by atoms with Crippen molar-refractivity contribution in [2.75, 3.05) is 57.0 Å². The van der Waals surface area contributed by atoms with Gasteiger partial charge in [-0.25, -0.2) is 0 Å². The number of rotatable bonds is 5. The van der Waals surface area contributed by atoms with Gasteiger partial charge >= 0.3 is 0 Å². The fourth-order valence-electron chi connectivity index (χ4n) is 3.28. The van der Waals surface area contributed by atoms with Crippen LogP contribution in [0.15, 0.2) is 18.2 Å². The Morgan fingerprint density at radius 2 is 1.76 bits per heavy atom. The maximum Gasteiger partial charge on any atom is 0.238 e. The minimum atomic E-state index is 0.0722. The van der Waals surface area contributed by atoms with E-state index in [2.05, 4.69) is 20.0 Å². The summed E-state index contributed by atoms with van der Waals surface area (Å²) in [5.41, 5.74) is 3.17. The highest BCUT2D eigenvalue weighted by Crippen LogP contribution is 2.20. The lowest BCUT2D eigenvalue weighted by atomic mass is 10.1. The first-order valence-electron chi connectivity index (χ1n) is 8.75. The molecule has 2 heterocycles. The molecular weight excluding hydrogens is 352 g/mol. The minimum Gasteiger partial charge on any atom is -0.344 e. The number of hydrogen-bond acceptors (Lipinski definition) is 5. The zero-order chi connectivity index (χ0) is 17.8. The van der Waals surface area contributed by atoms with Gasteiger partial charge in [-0.1, -0.05) is 42.2 Å². The monoisotopic (exact) mass is 378 g/mol. The van der Waals surface area contributed by atoms with Crippen molar-refractivity contribution < 1.29 is 4.79 Å². The summed E-state index contributed by atoms with van der Waals surface area (Å²) in [6.07, 6.45) is 0. The second-order valence-electron chi connectivity index (χ2n) is 6.73. The van der Waals surface area contributed by atoms with E-state index in [4.69, 9.17) is 12.2 Å². The lowest BCUT2D eigenvalue weighted by Gasteiger charge is -2.36. The maximum absolute atomic E-state index is 12.4. The first kappa shape index (κ1) is 18.6. The second-order valence-corrected chi connectivity index (χ2v) is 8.46. The van der Waals surface area contributed by atoms with E-state index >= 15 is 0 Å². The van der Waals surface area contributed by atoms with E-state index in [0.29, 0.717) is 6.54 Å². The number of nitrogens with one attached hydrogen (secondary N) is 1. The number of carbonyl (C=O) groups is 1. The van der Waals surface area contributed by atoms with E-state index < -0.39 is 0 Å². The molecule has 3 rings (SSSR count). The molecule has 5 nitrogen and oxygen atoms in total. The molecule has 1 N–H and O–H groups in total. The van der Waals surface area contributed by atoms with E-state index in [9.17, 15) is 4.79 Å². The molecule has 1 aromatic rings. The molecule has 0 atom stereocenters. The fraction of sp³-hybridized carbons (Fsp3) is 0.556. The second kappa shape index (κ2) is 8.49.